The molecule has 0 aliphatic carbocycles. The number of hydrogen-bond donors (Lipinski definition) is 2. The highest BCUT2D eigenvalue weighted by Crippen LogP contribution is 2.32. The van der Waals surface area contributed by atoms with Gasteiger partial charge < -0.3 is 14.8 Å². The van der Waals surface area contributed by atoms with E-state index in [4.69, 9.17) is 4.42 Å². The van der Waals surface area contributed by atoms with Gasteiger partial charge in [-0.3, -0.25) is 4.79 Å². The lowest BCUT2D eigenvalue weighted by atomic mass is 10.1. The normalized spacial score (nSPS) is 10.5. The van der Waals surface area contributed by atoms with Gasteiger partial charge in [0, 0.05) is 10.4 Å². The van der Waals surface area contributed by atoms with Gasteiger partial charge in [0.05, 0.1) is 11.8 Å². The van der Waals surface area contributed by atoms with E-state index < -0.39 is 11.9 Å². The molecule has 2 aromatic rings. The third-order valence-corrected chi connectivity index (χ3v) is 4.02. The minimum Gasteiger partial charge on any atom is -0.478 e. The Bertz CT molecular complexity index is 654. The van der Waals surface area contributed by atoms with Crippen LogP contribution in [0.2, 0.25) is 0 Å². The van der Waals surface area contributed by atoms with Crippen LogP contribution in [0.5, 0.6) is 0 Å². The van der Waals surface area contributed by atoms with E-state index >= 15 is 0 Å². The molecule has 0 spiro atoms. The number of rotatable bonds is 3. The second-order valence-electron chi connectivity index (χ2n) is 4.18. The summed E-state index contributed by atoms with van der Waals surface area (Å²) in [6.07, 6.45) is 1.42. The standard InChI is InChI=1S/C13H13NO4S/c1-6-4-5-18-10(6)11(15)14-12-9(13(16)17)7(2)8(3)19-12/h4-5H,1-3H3,(H,14,15)(H,16,17). The van der Waals surface area contributed by atoms with Gasteiger partial charge in [-0.1, -0.05) is 0 Å². The molecule has 0 saturated heterocycles. The van der Waals surface area contributed by atoms with Gasteiger partial charge in [-0.15, -0.1) is 11.3 Å². The Morgan fingerprint density at radius 3 is 2.53 bits per heavy atom. The van der Waals surface area contributed by atoms with Crippen LogP contribution in [0.15, 0.2) is 16.7 Å². The smallest absolute Gasteiger partial charge is 0.338 e. The quantitative estimate of drug-likeness (QED) is 0.904. The molecular weight excluding hydrogens is 266 g/mol. The van der Waals surface area contributed by atoms with Crippen LogP contribution in [0.4, 0.5) is 5.00 Å². The van der Waals surface area contributed by atoms with E-state index in [9.17, 15) is 14.7 Å². The van der Waals surface area contributed by atoms with E-state index in [2.05, 4.69) is 5.32 Å². The van der Waals surface area contributed by atoms with Gasteiger partial charge in [0.25, 0.3) is 5.91 Å². The maximum Gasteiger partial charge on any atom is 0.338 e. The molecule has 0 aliphatic heterocycles. The van der Waals surface area contributed by atoms with Crippen molar-refractivity contribution in [3.63, 3.8) is 0 Å². The first-order valence-electron chi connectivity index (χ1n) is 5.60. The van der Waals surface area contributed by atoms with E-state index in [1.165, 1.54) is 17.6 Å². The summed E-state index contributed by atoms with van der Waals surface area (Å²) in [5, 5.41) is 12.1. The van der Waals surface area contributed by atoms with E-state index in [0.717, 1.165) is 4.88 Å². The topological polar surface area (TPSA) is 79.5 Å². The predicted octanol–water partition coefficient (Wildman–Crippen LogP) is 3.22. The Kier molecular flexibility index (Phi) is 3.44. The van der Waals surface area contributed by atoms with Crippen LogP contribution in [0.3, 0.4) is 0 Å². The van der Waals surface area contributed by atoms with Crippen molar-refractivity contribution >= 4 is 28.2 Å². The first kappa shape index (κ1) is 13.4. The predicted molar refractivity (Wildman–Crippen MR) is 72.2 cm³/mol. The fourth-order valence-electron chi connectivity index (χ4n) is 1.74. The third kappa shape index (κ3) is 2.39. The summed E-state index contributed by atoms with van der Waals surface area (Å²) in [7, 11) is 0. The lowest BCUT2D eigenvalue weighted by Gasteiger charge is -2.03. The minimum atomic E-state index is -1.05. The number of thiophene rings is 1. The Balaban J connectivity index is 2.35. The third-order valence-electron chi connectivity index (χ3n) is 2.89. The molecule has 2 heterocycles. The van der Waals surface area contributed by atoms with Crippen molar-refractivity contribution in [1.29, 1.82) is 0 Å². The summed E-state index contributed by atoms with van der Waals surface area (Å²) in [6, 6.07) is 1.68. The molecule has 6 heteroatoms. The number of nitrogens with one attached hydrogen (secondary N) is 1. The van der Waals surface area contributed by atoms with Crippen LogP contribution in [-0.4, -0.2) is 17.0 Å². The molecule has 0 saturated carbocycles. The first-order valence-corrected chi connectivity index (χ1v) is 6.42. The minimum absolute atomic E-state index is 0.139. The van der Waals surface area contributed by atoms with Crippen molar-refractivity contribution < 1.29 is 19.1 Å². The lowest BCUT2D eigenvalue weighted by molar-refractivity contribution is 0.0697. The maximum absolute atomic E-state index is 12.0. The Morgan fingerprint density at radius 1 is 1.32 bits per heavy atom. The van der Waals surface area contributed by atoms with Crippen molar-refractivity contribution in [3.8, 4) is 0 Å². The molecular formula is C13H13NO4S. The number of amides is 1. The Morgan fingerprint density at radius 2 is 2.00 bits per heavy atom. The van der Waals surface area contributed by atoms with E-state index in [-0.39, 0.29) is 11.3 Å². The molecule has 100 valence electrons. The number of aromatic carboxylic acids is 1. The van der Waals surface area contributed by atoms with Crippen LogP contribution in [0.1, 0.15) is 36.9 Å². The average Bonchev–Trinajstić information content (AvgIpc) is 2.84. The van der Waals surface area contributed by atoms with E-state index in [1.807, 2.05) is 6.92 Å². The summed E-state index contributed by atoms with van der Waals surface area (Å²) < 4.78 is 5.08. The summed E-state index contributed by atoms with van der Waals surface area (Å²) in [5.74, 6) is -1.29. The van der Waals surface area contributed by atoms with Crippen molar-refractivity contribution in [2.75, 3.05) is 5.32 Å². The number of carbonyl (C=O) groups excluding carboxylic acids is 1. The van der Waals surface area contributed by atoms with Crippen LogP contribution in [-0.2, 0) is 0 Å². The summed E-state index contributed by atoms with van der Waals surface area (Å²) in [4.78, 5) is 24.1. The fraction of sp³-hybridized carbons (Fsp3) is 0.231. The molecule has 0 unspecified atom stereocenters. The molecule has 0 bridgehead atoms. The van der Waals surface area contributed by atoms with Crippen LogP contribution >= 0.6 is 11.3 Å². The van der Waals surface area contributed by atoms with Gasteiger partial charge in [0.2, 0.25) is 0 Å². The van der Waals surface area contributed by atoms with Gasteiger partial charge >= 0.3 is 5.97 Å². The van der Waals surface area contributed by atoms with Crippen molar-refractivity contribution in [3.05, 3.63) is 39.7 Å². The number of anilines is 1. The van der Waals surface area contributed by atoms with Crippen LogP contribution < -0.4 is 5.32 Å². The number of hydrogen-bond acceptors (Lipinski definition) is 4. The zero-order valence-electron chi connectivity index (χ0n) is 10.7. The molecule has 0 aliphatic rings. The molecule has 1 amide bonds. The Labute approximate surface area is 113 Å². The monoisotopic (exact) mass is 279 g/mol. The molecule has 2 N–H and O–H groups in total. The number of carbonyl (C=O) groups is 2. The largest absolute Gasteiger partial charge is 0.478 e. The number of furan rings is 1. The van der Waals surface area contributed by atoms with Gasteiger partial charge in [0.15, 0.2) is 5.76 Å². The van der Waals surface area contributed by atoms with Crippen molar-refractivity contribution in [1.82, 2.24) is 0 Å². The number of carboxylic acids is 1. The highest BCUT2D eigenvalue weighted by atomic mass is 32.1. The molecule has 0 radical (unpaired) electrons. The fourth-order valence-corrected chi connectivity index (χ4v) is 2.79. The Hall–Kier alpha value is -2.08. The SMILES string of the molecule is Cc1ccoc1C(=O)Nc1sc(C)c(C)c1C(=O)O. The highest BCUT2D eigenvalue weighted by molar-refractivity contribution is 7.16. The second kappa shape index (κ2) is 4.89. The van der Waals surface area contributed by atoms with Crippen molar-refractivity contribution in [2.24, 2.45) is 0 Å². The summed E-state index contributed by atoms with van der Waals surface area (Å²) >= 11 is 1.25. The average molecular weight is 279 g/mol. The zero-order valence-corrected chi connectivity index (χ0v) is 11.6. The van der Waals surface area contributed by atoms with Gasteiger partial charge in [-0.25, -0.2) is 4.79 Å². The highest BCUT2D eigenvalue weighted by Gasteiger charge is 2.22. The molecule has 2 aromatic heterocycles. The van der Waals surface area contributed by atoms with E-state index in [1.54, 1.807) is 19.9 Å². The summed E-state index contributed by atoms with van der Waals surface area (Å²) in [5.41, 5.74) is 1.52. The number of carboxylic acid groups (broad SMARTS) is 1. The summed E-state index contributed by atoms with van der Waals surface area (Å²) in [6.45, 7) is 5.30. The zero-order chi connectivity index (χ0) is 14.2. The maximum atomic E-state index is 12.0. The molecule has 2 rings (SSSR count). The van der Waals surface area contributed by atoms with E-state index in [0.29, 0.717) is 16.1 Å². The van der Waals surface area contributed by atoms with Crippen LogP contribution in [0.25, 0.3) is 0 Å². The second-order valence-corrected chi connectivity index (χ2v) is 5.40. The molecule has 0 aromatic carbocycles. The number of aryl methyl sites for hydroxylation is 2. The molecule has 5 nitrogen and oxygen atoms in total. The lowest BCUT2D eigenvalue weighted by Crippen LogP contribution is -2.13. The molecule has 0 atom stereocenters. The van der Waals surface area contributed by atoms with Gasteiger partial charge in [-0.2, -0.15) is 0 Å². The van der Waals surface area contributed by atoms with Gasteiger partial charge in [0.1, 0.15) is 5.00 Å². The van der Waals surface area contributed by atoms with Crippen LogP contribution in [0, 0.1) is 20.8 Å². The van der Waals surface area contributed by atoms with Gasteiger partial charge in [-0.05, 0) is 32.4 Å². The van der Waals surface area contributed by atoms with Crippen molar-refractivity contribution in [2.45, 2.75) is 20.8 Å². The first-order chi connectivity index (χ1) is 8.91. The molecule has 19 heavy (non-hydrogen) atoms. The molecule has 0 fully saturated rings.